The van der Waals surface area contributed by atoms with E-state index >= 15 is 0 Å². The molecule has 2 atom stereocenters. The van der Waals surface area contributed by atoms with Gasteiger partial charge in [0, 0.05) is 13.1 Å². The number of hydrogen-bond donors (Lipinski definition) is 0. The average Bonchev–Trinajstić information content (AvgIpc) is 2.94. The van der Waals surface area contributed by atoms with E-state index in [-0.39, 0.29) is 23.7 Å². The van der Waals surface area contributed by atoms with Gasteiger partial charge >= 0.3 is 6.09 Å². The lowest BCUT2D eigenvalue weighted by atomic mass is 9.81. The molecule has 1 saturated heterocycles. The molecule has 130 valence electrons. The van der Waals surface area contributed by atoms with Crippen molar-refractivity contribution in [3.63, 3.8) is 0 Å². The first-order valence-electron chi connectivity index (χ1n) is 8.39. The van der Waals surface area contributed by atoms with Crippen LogP contribution in [0.5, 0.6) is 0 Å². The number of halogens is 1. The second-order valence-corrected chi connectivity index (χ2v) is 7.63. The number of carbonyl (C=O) groups is 1. The zero-order valence-corrected chi connectivity index (χ0v) is 14.6. The van der Waals surface area contributed by atoms with Crippen molar-refractivity contribution in [3.05, 3.63) is 35.8 Å². The summed E-state index contributed by atoms with van der Waals surface area (Å²) < 4.78 is 25.0. The molecule has 4 nitrogen and oxygen atoms in total. The zero-order chi connectivity index (χ0) is 17.5. The van der Waals surface area contributed by atoms with Crippen molar-refractivity contribution in [2.75, 3.05) is 13.1 Å². The molecule has 3 rings (SSSR count). The van der Waals surface area contributed by atoms with E-state index in [1.165, 1.54) is 6.26 Å². The van der Waals surface area contributed by atoms with Gasteiger partial charge < -0.3 is 14.1 Å². The molecule has 24 heavy (non-hydrogen) atoms. The summed E-state index contributed by atoms with van der Waals surface area (Å²) in [5.41, 5.74) is 1.02. The van der Waals surface area contributed by atoms with E-state index < -0.39 is 5.60 Å². The van der Waals surface area contributed by atoms with Gasteiger partial charge in [0.05, 0.1) is 11.6 Å². The molecule has 0 saturated carbocycles. The number of amides is 1. The number of benzene rings is 1. The lowest BCUT2D eigenvalue weighted by molar-refractivity contribution is 0.0155. The van der Waals surface area contributed by atoms with Crippen molar-refractivity contribution in [2.24, 2.45) is 5.92 Å². The first kappa shape index (κ1) is 16.8. The summed E-state index contributed by atoms with van der Waals surface area (Å²) in [5.74, 6) is 0.170. The molecule has 1 amide bonds. The molecule has 0 N–H and O–H groups in total. The normalized spacial score (nSPS) is 22.0. The molecule has 1 aromatic heterocycles. The van der Waals surface area contributed by atoms with Gasteiger partial charge in [0.2, 0.25) is 0 Å². The van der Waals surface area contributed by atoms with Gasteiger partial charge in [-0.1, -0.05) is 6.92 Å². The third-order valence-corrected chi connectivity index (χ3v) is 4.53. The minimum absolute atomic E-state index is 0.202. The Balaban J connectivity index is 1.74. The van der Waals surface area contributed by atoms with Crippen molar-refractivity contribution < 1.29 is 18.3 Å². The zero-order valence-electron chi connectivity index (χ0n) is 14.6. The van der Waals surface area contributed by atoms with Gasteiger partial charge in [-0.2, -0.15) is 0 Å². The molecule has 2 aromatic rings. The SMILES string of the molecule is C[C@H]1CN(C(=O)OC(C)(C)C)CC[C@H]1c1cc(F)c2ccoc2c1. The van der Waals surface area contributed by atoms with E-state index in [0.29, 0.717) is 24.1 Å². The third-order valence-electron chi connectivity index (χ3n) is 4.53. The largest absolute Gasteiger partial charge is 0.464 e. The predicted molar refractivity (Wildman–Crippen MR) is 90.5 cm³/mol. The number of furan rings is 1. The van der Waals surface area contributed by atoms with Crippen LogP contribution in [0.1, 0.15) is 45.6 Å². The van der Waals surface area contributed by atoms with E-state index in [2.05, 4.69) is 6.92 Å². The number of nitrogens with zero attached hydrogens (tertiary/aromatic N) is 1. The van der Waals surface area contributed by atoms with Crippen LogP contribution in [-0.4, -0.2) is 29.7 Å². The Morgan fingerprint density at radius 2 is 2.12 bits per heavy atom. The summed E-state index contributed by atoms with van der Waals surface area (Å²) in [6, 6.07) is 5.16. The van der Waals surface area contributed by atoms with Crippen LogP contribution in [0.15, 0.2) is 28.9 Å². The quantitative estimate of drug-likeness (QED) is 0.743. The smallest absolute Gasteiger partial charge is 0.410 e. The second-order valence-electron chi connectivity index (χ2n) is 7.63. The van der Waals surface area contributed by atoms with E-state index in [9.17, 15) is 9.18 Å². The van der Waals surface area contributed by atoms with Crippen LogP contribution in [0.3, 0.4) is 0 Å². The van der Waals surface area contributed by atoms with E-state index in [4.69, 9.17) is 9.15 Å². The van der Waals surface area contributed by atoms with Crippen molar-refractivity contribution >= 4 is 17.1 Å². The van der Waals surface area contributed by atoms with Crippen LogP contribution in [0.4, 0.5) is 9.18 Å². The first-order chi connectivity index (χ1) is 11.2. The fourth-order valence-corrected chi connectivity index (χ4v) is 3.39. The van der Waals surface area contributed by atoms with Gasteiger partial charge in [-0.3, -0.25) is 0 Å². The van der Waals surface area contributed by atoms with Crippen LogP contribution in [0.25, 0.3) is 11.0 Å². The maximum atomic E-state index is 14.2. The first-order valence-corrected chi connectivity index (χ1v) is 8.39. The summed E-state index contributed by atoms with van der Waals surface area (Å²) >= 11 is 0. The number of fused-ring (bicyclic) bond motifs is 1. The number of hydrogen-bond acceptors (Lipinski definition) is 3. The van der Waals surface area contributed by atoms with Gasteiger partial charge in [-0.05, 0) is 62.8 Å². The summed E-state index contributed by atoms with van der Waals surface area (Å²) in [5, 5.41) is 0.512. The number of carbonyl (C=O) groups excluding carboxylic acids is 1. The predicted octanol–water partition coefficient (Wildman–Crippen LogP) is 4.93. The lowest BCUT2D eigenvalue weighted by Gasteiger charge is -2.37. The van der Waals surface area contributed by atoms with Crippen LogP contribution < -0.4 is 0 Å². The Labute approximate surface area is 141 Å². The fourth-order valence-electron chi connectivity index (χ4n) is 3.39. The molecule has 1 aliphatic heterocycles. The molecule has 0 bridgehead atoms. The highest BCUT2D eigenvalue weighted by Gasteiger charge is 2.32. The second kappa shape index (κ2) is 6.11. The maximum Gasteiger partial charge on any atom is 0.410 e. The maximum absolute atomic E-state index is 14.2. The van der Waals surface area contributed by atoms with E-state index in [1.807, 2.05) is 26.8 Å². The van der Waals surface area contributed by atoms with Gasteiger partial charge in [0.25, 0.3) is 0 Å². The fraction of sp³-hybridized carbons (Fsp3) is 0.526. The van der Waals surface area contributed by atoms with Crippen molar-refractivity contribution in [2.45, 2.75) is 45.6 Å². The molecular formula is C19H24FNO3. The van der Waals surface area contributed by atoms with Crippen molar-refractivity contribution in [1.82, 2.24) is 4.90 Å². The van der Waals surface area contributed by atoms with E-state index in [0.717, 1.165) is 12.0 Å². The minimum atomic E-state index is -0.495. The van der Waals surface area contributed by atoms with Crippen LogP contribution >= 0.6 is 0 Å². The van der Waals surface area contributed by atoms with Crippen LogP contribution in [0.2, 0.25) is 0 Å². The van der Waals surface area contributed by atoms with Crippen LogP contribution in [0, 0.1) is 11.7 Å². The Morgan fingerprint density at radius 1 is 1.38 bits per heavy atom. The molecule has 1 aliphatic rings. The highest BCUT2D eigenvalue weighted by Crippen LogP contribution is 2.35. The topological polar surface area (TPSA) is 42.7 Å². The van der Waals surface area contributed by atoms with Crippen molar-refractivity contribution in [3.8, 4) is 0 Å². The number of piperidine rings is 1. The minimum Gasteiger partial charge on any atom is -0.464 e. The Kier molecular flexibility index (Phi) is 4.28. The monoisotopic (exact) mass is 333 g/mol. The summed E-state index contributed by atoms with van der Waals surface area (Å²) in [6.07, 6.45) is 2.01. The molecule has 2 heterocycles. The Morgan fingerprint density at radius 3 is 2.79 bits per heavy atom. The van der Waals surface area contributed by atoms with Crippen molar-refractivity contribution in [1.29, 1.82) is 0 Å². The summed E-state index contributed by atoms with van der Waals surface area (Å²) in [4.78, 5) is 14.0. The van der Waals surface area contributed by atoms with Crippen LogP contribution in [-0.2, 0) is 4.74 Å². The Bertz CT molecular complexity index is 747. The average molecular weight is 333 g/mol. The summed E-state index contributed by atoms with van der Waals surface area (Å²) in [6.45, 7) is 8.90. The molecule has 0 spiro atoms. The summed E-state index contributed by atoms with van der Waals surface area (Å²) in [7, 11) is 0. The molecule has 0 radical (unpaired) electrons. The van der Waals surface area contributed by atoms with Gasteiger partial charge in [-0.25, -0.2) is 9.18 Å². The molecule has 0 aliphatic carbocycles. The highest BCUT2D eigenvalue weighted by atomic mass is 19.1. The molecular weight excluding hydrogens is 309 g/mol. The van der Waals surface area contributed by atoms with E-state index in [1.54, 1.807) is 17.0 Å². The lowest BCUT2D eigenvalue weighted by Crippen LogP contribution is -2.44. The molecule has 0 unspecified atom stereocenters. The number of ether oxygens (including phenoxy) is 1. The number of rotatable bonds is 1. The van der Waals surface area contributed by atoms with Gasteiger partial charge in [-0.15, -0.1) is 0 Å². The highest BCUT2D eigenvalue weighted by molar-refractivity contribution is 5.78. The van der Waals surface area contributed by atoms with Gasteiger partial charge in [0.15, 0.2) is 0 Å². The molecule has 1 aromatic carbocycles. The molecule has 5 heteroatoms. The third kappa shape index (κ3) is 3.40. The molecule has 1 fully saturated rings. The Hall–Kier alpha value is -2.04. The standard InChI is InChI=1S/C19H24FNO3/c1-12-11-21(18(22)24-19(2,3)4)7-5-14(12)13-9-16(20)15-6-8-23-17(15)10-13/h6,8-10,12,14H,5,7,11H2,1-4H3/t12-,14+/m0/s1. The van der Waals surface area contributed by atoms with Gasteiger partial charge in [0.1, 0.15) is 17.0 Å². The number of likely N-dealkylation sites (tertiary alicyclic amines) is 1.